The summed E-state index contributed by atoms with van der Waals surface area (Å²) in [6.07, 6.45) is -4.11. The summed E-state index contributed by atoms with van der Waals surface area (Å²) in [7, 11) is -2.76. The molecule has 4 rings (SSSR count). The lowest BCUT2D eigenvalue weighted by atomic mass is 9.80. The second-order valence-corrected chi connectivity index (χ2v) is 11.5. The Morgan fingerprint density at radius 1 is 1.10 bits per heavy atom. The van der Waals surface area contributed by atoms with Crippen LogP contribution in [0.3, 0.4) is 0 Å². The van der Waals surface area contributed by atoms with E-state index in [1.54, 1.807) is 50.1 Å². The molecule has 9 nitrogen and oxygen atoms in total. The molecule has 2 N–H and O–H groups in total. The van der Waals surface area contributed by atoms with Crippen LogP contribution in [0.1, 0.15) is 29.5 Å². The summed E-state index contributed by atoms with van der Waals surface area (Å²) in [5, 5.41) is 9.45. The summed E-state index contributed by atoms with van der Waals surface area (Å²) >= 11 is 0. The molecule has 1 fully saturated rings. The number of halogens is 3. The summed E-state index contributed by atoms with van der Waals surface area (Å²) in [5.41, 5.74) is -0.967. The van der Waals surface area contributed by atoms with Crippen molar-refractivity contribution < 1.29 is 36.2 Å². The molecule has 1 aliphatic rings. The number of nitrogens with zero attached hydrogens (tertiary/aromatic N) is 3. The van der Waals surface area contributed by atoms with Gasteiger partial charge in [0.15, 0.2) is 5.03 Å². The highest BCUT2D eigenvalue weighted by Gasteiger charge is 2.41. The molecule has 0 saturated carbocycles. The topological polar surface area (TPSA) is 122 Å². The first-order valence-electron chi connectivity index (χ1n) is 12.4. The van der Waals surface area contributed by atoms with Crippen LogP contribution in [0.4, 0.5) is 24.8 Å². The molecule has 13 heteroatoms. The average molecular weight is 579 g/mol. The van der Waals surface area contributed by atoms with Gasteiger partial charge in [-0.15, -0.1) is 0 Å². The lowest BCUT2D eigenvalue weighted by Crippen LogP contribution is -2.46. The average Bonchev–Trinajstić information content (AvgIpc) is 2.89. The third-order valence-corrected chi connectivity index (χ3v) is 8.16. The number of anilines is 2. The molecule has 40 heavy (non-hydrogen) atoms. The van der Waals surface area contributed by atoms with Crippen LogP contribution >= 0.6 is 0 Å². The minimum atomic E-state index is -4.71. The zero-order valence-electron chi connectivity index (χ0n) is 22.1. The summed E-state index contributed by atoms with van der Waals surface area (Å²) in [6, 6.07) is 11.0. The number of carboxylic acids is 1. The Kier molecular flexibility index (Phi) is 8.08. The highest BCUT2D eigenvalue weighted by Crippen LogP contribution is 2.38. The number of carbonyl (C=O) groups is 1. The van der Waals surface area contributed by atoms with Crippen molar-refractivity contribution in [3.8, 4) is 11.3 Å². The molecule has 1 aliphatic heterocycles. The van der Waals surface area contributed by atoms with Crippen molar-refractivity contribution in [2.24, 2.45) is 5.41 Å². The van der Waals surface area contributed by atoms with E-state index < -0.39 is 43.9 Å². The van der Waals surface area contributed by atoms with E-state index in [0.717, 1.165) is 17.7 Å². The first-order valence-corrected chi connectivity index (χ1v) is 13.9. The predicted molar refractivity (Wildman–Crippen MR) is 143 cm³/mol. The Hall–Kier alpha value is -3.71. The third kappa shape index (κ3) is 6.20. The largest absolute Gasteiger partial charge is 0.481 e. The number of sulfonamides is 1. The zero-order valence-corrected chi connectivity index (χ0v) is 22.9. The maximum Gasteiger partial charge on any atom is 0.418 e. The van der Waals surface area contributed by atoms with Crippen LogP contribution in [0.25, 0.3) is 11.3 Å². The third-order valence-electron chi connectivity index (χ3n) is 6.91. The number of aromatic nitrogens is 2. The summed E-state index contributed by atoms with van der Waals surface area (Å²) in [6.45, 7) is 4.06. The molecule has 1 saturated heterocycles. The van der Waals surface area contributed by atoms with Crippen LogP contribution in [0.5, 0.6) is 0 Å². The van der Waals surface area contributed by atoms with Crippen molar-refractivity contribution >= 4 is 27.6 Å². The number of aliphatic carboxylic acids is 1. The summed E-state index contributed by atoms with van der Waals surface area (Å²) in [5.74, 6) is -1.07. The van der Waals surface area contributed by atoms with E-state index in [0.29, 0.717) is 31.6 Å². The lowest BCUT2D eigenvalue weighted by molar-refractivity contribution is -0.154. The highest BCUT2D eigenvalue weighted by molar-refractivity contribution is 7.92. The van der Waals surface area contributed by atoms with Gasteiger partial charge in [-0.2, -0.15) is 21.6 Å². The van der Waals surface area contributed by atoms with Gasteiger partial charge in [-0.05, 0) is 62.6 Å². The molecule has 214 valence electrons. The van der Waals surface area contributed by atoms with E-state index in [4.69, 9.17) is 4.74 Å². The molecule has 0 aliphatic carbocycles. The van der Waals surface area contributed by atoms with E-state index in [9.17, 15) is 31.5 Å². The minimum absolute atomic E-state index is 0.0787. The fourth-order valence-corrected chi connectivity index (χ4v) is 5.60. The molecule has 3 heterocycles. The smallest absolute Gasteiger partial charge is 0.418 e. The van der Waals surface area contributed by atoms with Gasteiger partial charge in [0.1, 0.15) is 11.6 Å². The molecule has 1 aromatic carbocycles. The van der Waals surface area contributed by atoms with Gasteiger partial charge in [-0.25, -0.2) is 9.97 Å². The number of carboxylic acid groups (broad SMARTS) is 1. The number of ether oxygens (including phenoxy) is 1. The monoisotopic (exact) mass is 578 g/mol. The van der Waals surface area contributed by atoms with E-state index in [1.165, 1.54) is 12.1 Å². The standard InChI is InChI=1S/C27H29F3N4O5S/c1-17-7-8-18(2)19(15-17)24-20(27(28,29)30)9-10-21(31-24)33-40(37,38)23-6-4-5-22(32-23)34(3)16-26(25(35)36)11-13-39-14-12-26/h4-10,15H,11-14,16H2,1-3H3,(H,31,33)(H,35,36). The second kappa shape index (κ2) is 11.0. The van der Waals surface area contributed by atoms with Crippen molar-refractivity contribution in [3.05, 3.63) is 65.2 Å². The lowest BCUT2D eigenvalue weighted by Gasteiger charge is -2.36. The highest BCUT2D eigenvalue weighted by atomic mass is 32.2. The Morgan fingerprint density at radius 2 is 1.80 bits per heavy atom. The molecule has 0 atom stereocenters. The molecule has 0 amide bonds. The molecule has 0 unspecified atom stereocenters. The van der Waals surface area contributed by atoms with Crippen LogP contribution in [0, 0.1) is 19.3 Å². The Bertz CT molecular complexity index is 1520. The fourth-order valence-electron chi connectivity index (χ4n) is 4.63. The number of nitrogens with one attached hydrogen (secondary N) is 1. The van der Waals surface area contributed by atoms with E-state index in [2.05, 4.69) is 14.7 Å². The molecule has 0 spiro atoms. The van der Waals surface area contributed by atoms with Crippen LogP contribution in [-0.2, 0) is 25.7 Å². The molecule has 2 aromatic heterocycles. The number of alkyl halides is 3. The van der Waals surface area contributed by atoms with Gasteiger partial charge < -0.3 is 14.7 Å². The van der Waals surface area contributed by atoms with Crippen molar-refractivity contribution in [3.63, 3.8) is 0 Å². The van der Waals surface area contributed by atoms with Crippen molar-refractivity contribution in [2.45, 2.75) is 37.9 Å². The van der Waals surface area contributed by atoms with E-state index in [1.807, 2.05) is 0 Å². The Morgan fingerprint density at radius 3 is 2.45 bits per heavy atom. The van der Waals surface area contributed by atoms with Crippen LogP contribution < -0.4 is 9.62 Å². The predicted octanol–water partition coefficient (Wildman–Crippen LogP) is 4.90. The van der Waals surface area contributed by atoms with E-state index in [-0.39, 0.29) is 23.7 Å². The first kappa shape index (κ1) is 29.3. The van der Waals surface area contributed by atoms with Crippen molar-refractivity contribution in [2.75, 3.05) is 36.4 Å². The maximum atomic E-state index is 13.8. The maximum absolute atomic E-state index is 13.8. The zero-order chi connectivity index (χ0) is 29.3. The fraction of sp³-hybridized carbons (Fsp3) is 0.370. The van der Waals surface area contributed by atoms with Gasteiger partial charge in [0.2, 0.25) is 0 Å². The molecule has 0 bridgehead atoms. The van der Waals surface area contributed by atoms with Crippen LogP contribution in [0.2, 0.25) is 0 Å². The molecular formula is C27H29F3N4O5S. The second-order valence-electron chi connectivity index (χ2n) is 9.90. The number of pyridine rings is 2. The molecule has 3 aromatic rings. The number of hydrogen-bond acceptors (Lipinski definition) is 7. The number of benzene rings is 1. The number of aryl methyl sites for hydroxylation is 2. The van der Waals surface area contributed by atoms with Crippen molar-refractivity contribution in [1.29, 1.82) is 0 Å². The summed E-state index contributed by atoms with van der Waals surface area (Å²) in [4.78, 5) is 21.9. The SMILES string of the molecule is Cc1ccc(C)c(-c2nc(NS(=O)(=O)c3cccc(N(C)CC4(C(=O)O)CCOCC4)n3)ccc2C(F)(F)F)c1. The van der Waals surface area contributed by atoms with Crippen molar-refractivity contribution in [1.82, 2.24) is 9.97 Å². The van der Waals surface area contributed by atoms with Gasteiger partial charge in [0, 0.05) is 32.4 Å². The first-order chi connectivity index (χ1) is 18.7. The molecule has 0 radical (unpaired) electrons. The normalized spacial score (nSPS) is 15.4. The number of rotatable bonds is 8. The minimum Gasteiger partial charge on any atom is -0.481 e. The van der Waals surface area contributed by atoms with Gasteiger partial charge in [0.05, 0.1) is 16.7 Å². The Balaban J connectivity index is 1.65. The van der Waals surface area contributed by atoms with Gasteiger partial charge in [-0.1, -0.05) is 23.8 Å². The quantitative estimate of drug-likeness (QED) is 0.387. The summed E-state index contributed by atoms with van der Waals surface area (Å²) < 4.78 is 75.5. The van der Waals surface area contributed by atoms with Crippen LogP contribution in [0.15, 0.2) is 53.6 Å². The van der Waals surface area contributed by atoms with Gasteiger partial charge in [0.25, 0.3) is 10.0 Å². The Labute approximate surface area is 230 Å². The van der Waals surface area contributed by atoms with Crippen LogP contribution in [-0.4, -0.2) is 56.3 Å². The van der Waals surface area contributed by atoms with Gasteiger partial charge in [-0.3, -0.25) is 9.52 Å². The van der Waals surface area contributed by atoms with E-state index >= 15 is 0 Å². The van der Waals surface area contributed by atoms with Gasteiger partial charge >= 0.3 is 12.1 Å². The number of hydrogen-bond donors (Lipinski definition) is 2. The molecular weight excluding hydrogens is 549 g/mol.